The molecule has 1 aromatic carbocycles. The molecule has 2 amide bonds. The van der Waals surface area contributed by atoms with E-state index in [1.807, 2.05) is 13.8 Å². The van der Waals surface area contributed by atoms with Gasteiger partial charge in [-0.15, -0.1) is 0 Å². The molecule has 0 aliphatic heterocycles. The summed E-state index contributed by atoms with van der Waals surface area (Å²) < 4.78 is 0. The molecule has 25 heavy (non-hydrogen) atoms. The molecule has 0 spiro atoms. The highest BCUT2D eigenvalue weighted by Crippen LogP contribution is 2.31. The van der Waals surface area contributed by atoms with E-state index >= 15 is 0 Å². The molecule has 1 fully saturated rings. The Kier molecular flexibility index (Phi) is 6.56. The Bertz CT molecular complexity index is 640. The first-order valence-electron chi connectivity index (χ1n) is 8.90. The van der Waals surface area contributed by atoms with Gasteiger partial charge < -0.3 is 15.3 Å². The van der Waals surface area contributed by atoms with Crippen LogP contribution < -0.4 is 5.32 Å². The lowest BCUT2D eigenvalue weighted by Crippen LogP contribution is -2.36. The number of carboxylic acid groups (broad SMARTS) is 1. The number of benzene rings is 1. The number of carbonyl (C=O) groups excluding carboxylic acids is 2. The number of hydrogen-bond acceptors (Lipinski definition) is 3. The van der Waals surface area contributed by atoms with Crippen LogP contribution in [0.15, 0.2) is 24.3 Å². The molecule has 2 rings (SSSR count). The highest BCUT2D eigenvalue weighted by Gasteiger charge is 2.35. The molecule has 2 N–H and O–H groups in total. The largest absolute Gasteiger partial charge is 0.481 e. The molecule has 1 aliphatic carbocycles. The second-order valence-electron chi connectivity index (χ2n) is 6.38. The summed E-state index contributed by atoms with van der Waals surface area (Å²) in [6, 6.07) is 6.81. The number of carboxylic acids is 1. The van der Waals surface area contributed by atoms with Crippen molar-refractivity contribution in [1.29, 1.82) is 0 Å². The number of aliphatic carboxylic acids is 1. The van der Waals surface area contributed by atoms with Crippen LogP contribution in [0.2, 0.25) is 0 Å². The van der Waals surface area contributed by atoms with Crippen molar-refractivity contribution in [3.63, 3.8) is 0 Å². The van der Waals surface area contributed by atoms with E-state index in [1.54, 1.807) is 29.2 Å². The van der Waals surface area contributed by atoms with Gasteiger partial charge in [-0.2, -0.15) is 0 Å². The Morgan fingerprint density at radius 3 is 2.36 bits per heavy atom. The van der Waals surface area contributed by atoms with Gasteiger partial charge in [-0.25, -0.2) is 0 Å². The van der Waals surface area contributed by atoms with Crippen LogP contribution in [0.5, 0.6) is 0 Å². The van der Waals surface area contributed by atoms with Crippen molar-refractivity contribution >= 4 is 23.5 Å². The quantitative estimate of drug-likeness (QED) is 0.829. The van der Waals surface area contributed by atoms with Crippen molar-refractivity contribution < 1.29 is 19.5 Å². The Morgan fingerprint density at radius 2 is 1.76 bits per heavy atom. The Hall–Kier alpha value is -2.37. The average Bonchev–Trinajstić information content (AvgIpc) is 2.62. The van der Waals surface area contributed by atoms with Gasteiger partial charge in [0.05, 0.1) is 11.8 Å². The minimum atomic E-state index is -0.912. The van der Waals surface area contributed by atoms with E-state index < -0.39 is 17.8 Å². The van der Waals surface area contributed by atoms with Crippen LogP contribution in [0.25, 0.3) is 0 Å². The van der Waals surface area contributed by atoms with E-state index in [1.165, 1.54) is 0 Å². The Balaban J connectivity index is 2.12. The number of nitrogens with one attached hydrogen (secondary N) is 1. The molecule has 0 radical (unpaired) electrons. The van der Waals surface area contributed by atoms with Crippen LogP contribution in [0.1, 0.15) is 49.9 Å². The molecular weight excluding hydrogens is 320 g/mol. The van der Waals surface area contributed by atoms with Gasteiger partial charge in [-0.05, 0) is 44.9 Å². The zero-order valence-corrected chi connectivity index (χ0v) is 14.8. The molecule has 6 heteroatoms. The minimum absolute atomic E-state index is 0.0813. The predicted octanol–water partition coefficient (Wildman–Crippen LogP) is 3.00. The van der Waals surface area contributed by atoms with Crippen LogP contribution in [-0.2, 0) is 9.59 Å². The molecule has 2 atom stereocenters. The first-order chi connectivity index (χ1) is 12.0. The fourth-order valence-electron chi connectivity index (χ4n) is 3.40. The maximum atomic E-state index is 12.5. The SMILES string of the molecule is CCN(CC)C(=O)c1cccc(NC(=O)[C@@H]2CCCC[C@@H]2C(=O)O)c1. The number of amides is 2. The monoisotopic (exact) mass is 346 g/mol. The summed E-state index contributed by atoms with van der Waals surface area (Å²) in [5, 5.41) is 12.1. The highest BCUT2D eigenvalue weighted by molar-refractivity contribution is 5.98. The molecule has 6 nitrogen and oxygen atoms in total. The zero-order valence-electron chi connectivity index (χ0n) is 14.8. The van der Waals surface area contributed by atoms with Crippen molar-refractivity contribution in [3.05, 3.63) is 29.8 Å². The second-order valence-corrected chi connectivity index (χ2v) is 6.38. The van der Waals surface area contributed by atoms with Crippen LogP contribution in [0.3, 0.4) is 0 Å². The average molecular weight is 346 g/mol. The van der Waals surface area contributed by atoms with Crippen LogP contribution in [0, 0.1) is 11.8 Å². The topological polar surface area (TPSA) is 86.7 Å². The first kappa shape index (κ1) is 19.0. The van der Waals surface area contributed by atoms with Gasteiger partial charge in [0.2, 0.25) is 5.91 Å². The van der Waals surface area contributed by atoms with E-state index in [0.717, 1.165) is 12.8 Å². The third-order valence-corrected chi connectivity index (χ3v) is 4.85. The minimum Gasteiger partial charge on any atom is -0.481 e. The fourth-order valence-corrected chi connectivity index (χ4v) is 3.40. The normalized spacial score (nSPS) is 19.9. The molecule has 0 saturated heterocycles. The zero-order chi connectivity index (χ0) is 18.4. The van der Waals surface area contributed by atoms with E-state index in [2.05, 4.69) is 5.32 Å². The van der Waals surface area contributed by atoms with Crippen LogP contribution in [0.4, 0.5) is 5.69 Å². The van der Waals surface area contributed by atoms with E-state index in [-0.39, 0.29) is 11.8 Å². The summed E-state index contributed by atoms with van der Waals surface area (Å²) >= 11 is 0. The maximum absolute atomic E-state index is 12.5. The summed E-state index contributed by atoms with van der Waals surface area (Å²) in [4.78, 5) is 38.1. The molecule has 1 aromatic rings. The van der Waals surface area contributed by atoms with Crippen molar-refractivity contribution in [1.82, 2.24) is 4.90 Å². The Morgan fingerprint density at radius 1 is 1.12 bits per heavy atom. The van der Waals surface area contributed by atoms with Crippen LogP contribution in [-0.4, -0.2) is 40.9 Å². The summed E-state index contributed by atoms with van der Waals surface area (Å²) in [5.74, 6) is -2.42. The van der Waals surface area contributed by atoms with Gasteiger partial charge in [0.1, 0.15) is 0 Å². The van der Waals surface area contributed by atoms with Gasteiger partial charge in [0, 0.05) is 24.3 Å². The summed E-state index contributed by atoms with van der Waals surface area (Å²) in [6.45, 7) is 5.08. The Labute approximate surface area is 148 Å². The van der Waals surface area contributed by atoms with Gasteiger partial charge in [-0.1, -0.05) is 18.9 Å². The smallest absolute Gasteiger partial charge is 0.307 e. The molecule has 0 aromatic heterocycles. The molecule has 0 bridgehead atoms. The lowest BCUT2D eigenvalue weighted by molar-refractivity contribution is -0.147. The number of nitrogens with zero attached hydrogens (tertiary/aromatic N) is 1. The second kappa shape index (κ2) is 8.65. The van der Waals surface area contributed by atoms with Crippen molar-refractivity contribution in [2.24, 2.45) is 11.8 Å². The molecule has 0 heterocycles. The summed E-state index contributed by atoms with van der Waals surface area (Å²) in [7, 11) is 0. The number of rotatable bonds is 6. The third-order valence-electron chi connectivity index (χ3n) is 4.85. The highest BCUT2D eigenvalue weighted by atomic mass is 16.4. The van der Waals surface area contributed by atoms with Gasteiger partial charge in [0.25, 0.3) is 5.91 Å². The molecule has 136 valence electrons. The lowest BCUT2D eigenvalue weighted by Gasteiger charge is -2.27. The van der Waals surface area contributed by atoms with Gasteiger partial charge in [0.15, 0.2) is 0 Å². The van der Waals surface area contributed by atoms with Crippen LogP contribution >= 0.6 is 0 Å². The first-order valence-corrected chi connectivity index (χ1v) is 8.90. The van der Waals surface area contributed by atoms with Gasteiger partial charge in [-0.3, -0.25) is 14.4 Å². The van der Waals surface area contributed by atoms with Gasteiger partial charge >= 0.3 is 5.97 Å². The standard InChI is InChI=1S/C19H26N2O4/c1-3-21(4-2)18(23)13-8-7-9-14(12-13)20-17(22)15-10-5-6-11-16(15)19(24)25/h7-9,12,15-16H,3-6,10-11H2,1-2H3,(H,20,22)(H,24,25)/t15-,16+/m1/s1. The summed E-state index contributed by atoms with van der Waals surface area (Å²) in [6.07, 6.45) is 2.83. The molecule has 1 saturated carbocycles. The van der Waals surface area contributed by atoms with Crippen molar-refractivity contribution in [2.45, 2.75) is 39.5 Å². The fraction of sp³-hybridized carbons (Fsp3) is 0.526. The number of hydrogen-bond donors (Lipinski definition) is 2. The van der Waals surface area contributed by atoms with E-state index in [4.69, 9.17) is 0 Å². The maximum Gasteiger partial charge on any atom is 0.307 e. The lowest BCUT2D eigenvalue weighted by atomic mass is 9.78. The number of anilines is 1. The number of carbonyl (C=O) groups is 3. The molecular formula is C19H26N2O4. The molecule has 0 unspecified atom stereocenters. The van der Waals surface area contributed by atoms with Crippen molar-refractivity contribution in [2.75, 3.05) is 18.4 Å². The van der Waals surface area contributed by atoms with E-state index in [0.29, 0.717) is 37.2 Å². The van der Waals surface area contributed by atoms with E-state index in [9.17, 15) is 19.5 Å². The summed E-state index contributed by atoms with van der Waals surface area (Å²) in [5.41, 5.74) is 1.04. The van der Waals surface area contributed by atoms with Crippen molar-refractivity contribution in [3.8, 4) is 0 Å². The molecule has 1 aliphatic rings. The third kappa shape index (κ3) is 4.59. The predicted molar refractivity (Wildman–Crippen MR) is 95.4 cm³/mol.